The topological polar surface area (TPSA) is 61.7 Å². The zero-order valence-electron chi connectivity index (χ0n) is 14.1. The largest absolute Gasteiger partial charge is 0.493 e. The van der Waals surface area contributed by atoms with E-state index in [4.69, 9.17) is 14.2 Å². The van der Waals surface area contributed by atoms with E-state index in [1.807, 2.05) is 30.7 Å². The van der Waals surface area contributed by atoms with Crippen LogP contribution in [0.25, 0.3) is 0 Å². The van der Waals surface area contributed by atoms with Crippen LogP contribution in [0.4, 0.5) is 0 Å². The predicted octanol–water partition coefficient (Wildman–Crippen LogP) is 2.29. The molecule has 1 N–H and O–H groups in total. The number of aromatic nitrogens is 1. The Morgan fingerprint density at radius 1 is 1.04 bits per heavy atom. The van der Waals surface area contributed by atoms with Gasteiger partial charge in [0.05, 0.1) is 33.4 Å². The number of aryl methyl sites for hydroxylation is 1. The molecule has 0 atom stereocenters. The normalized spacial score (nSPS) is 10.3. The Kier molecular flexibility index (Phi) is 5.16. The highest BCUT2D eigenvalue weighted by Gasteiger charge is 2.20. The highest BCUT2D eigenvalue weighted by molar-refractivity contribution is 5.98. The monoisotopic (exact) mass is 318 g/mol. The fraction of sp³-hybridized carbons (Fsp3) is 0.353. The highest BCUT2D eigenvalue weighted by atomic mass is 16.5. The molecule has 1 aromatic heterocycles. The summed E-state index contributed by atoms with van der Waals surface area (Å²) >= 11 is 0. The molecule has 0 bridgehead atoms. The molecule has 0 saturated carbocycles. The summed E-state index contributed by atoms with van der Waals surface area (Å²) in [6, 6.07) is 7.34. The molecular formula is C17H22N2O4. The van der Waals surface area contributed by atoms with E-state index in [-0.39, 0.29) is 5.91 Å². The minimum Gasteiger partial charge on any atom is -0.493 e. The zero-order chi connectivity index (χ0) is 17.0. The molecule has 0 aliphatic heterocycles. The van der Waals surface area contributed by atoms with Gasteiger partial charge >= 0.3 is 0 Å². The maximum atomic E-state index is 12.5. The summed E-state index contributed by atoms with van der Waals surface area (Å²) < 4.78 is 17.9. The van der Waals surface area contributed by atoms with Gasteiger partial charge in [0, 0.05) is 18.4 Å². The summed E-state index contributed by atoms with van der Waals surface area (Å²) in [5, 5.41) is 2.90. The third-order valence-electron chi connectivity index (χ3n) is 3.86. The summed E-state index contributed by atoms with van der Waals surface area (Å²) in [5.74, 6) is 1.03. The second-order valence-electron chi connectivity index (χ2n) is 5.09. The lowest BCUT2D eigenvalue weighted by molar-refractivity contribution is 0.0946. The van der Waals surface area contributed by atoms with E-state index < -0.39 is 0 Å². The molecule has 0 saturated heterocycles. The van der Waals surface area contributed by atoms with Crippen molar-refractivity contribution in [2.75, 3.05) is 21.3 Å². The minimum atomic E-state index is -0.235. The van der Waals surface area contributed by atoms with E-state index in [0.29, 0.717) is 29.4 Å². The summed E-state index contributed by atoms with van der Waals surface area (Å²) in [5.41, 5.74) is 2.56. The Morgan fingerprint density at radius 3 is 2.26 bits per heavy atom. The van der Waals surface area contributed by atoms with E-state index in [2.05, 4.69) is 5.32 Å². The molecule has 23 heavy (non-hydrogen) atoms. The number of rotatable bonds is 6. The number of methoxy groups -OCH3 is 3. The molecule has 2 aromatic rings. The maximum absolute atomic E-state index is 12.5. The van der Waals surface area contributed by atoms with Gasteiger partial charge in [-0.05, 0) is 31.2 Å². The summed E-state index contributed by atoms with van der Waals surface area (Å²) in [4.78, 5) is 12.5. The average molecular weight is 318 g/mol. The number of hydrogen-bond acceptors (Lipinski definition) is 4. The van der Waals surface area contributed by atoms with Gasteiger partial charge in [0.1, 0.15) is 0 Å². The number of amides is 1. The first-order chi connectivity index (χ1) is 11.0. The van der Waals surface area contributed by atoms with Gasteiger partial charge in [0.15, 0.2) is 11.5 Å². The maximum Gasteiger partial charge on any atom is 0.255 e. The molecule has 0 aliphatic carbocycles. The van der Waals surface area contributed by atoms with Gasteiger partial charge in [0.2, 0.25) is 5.75 Å². The van der Waals surface area contributed by atoms with Crippen molar-refractivity contribution in [2.24, 2.45) is 7.05 Å². The third-order valence-corrected chi connectivity index (χ3v) is 3.86. The average Bonchev–Trinajstić information content (AvgIpc) is 2.89. The third kappa shape index (κ3) is 3.26. The lowest BCUT2D eigenvalue weighted by atomic mass is 10.1. The number of carbonyl (C=O) groups is 1. The molecule has 124 valence electrons. The second-order valence-corrected chi connectivity index (χ2v) is 5.09. The van der Waals surface area contributed by atoms with Gasteiger partial charge in [-0.25, -0.2) is 0 Å². The van der Waals surface area contributed by atoms with Crippen LogP contribution in [0.3, 0.4) is 0 Å². The van der Waals surface area contributed by atoms with Crippen LogP contribution in [0.1, 0.15) is 21.7 Å². The van der Waals surface area contributed by atoms with Crippen LogP contribution in [0.15, 0.2) is 24.3 Å². The molecule has 1 heterocycles. The van der Waals surface area contributed by atoms with Gasteiger partial charge in [-0.2, -0.15) is 0 Å². The van der Waals surface area contributed by atoms with E-state index in [1.165, 1.54) is 21.3 Å². The van der Waals surface area contributed by atoms with E-state index in [9.17, 15) is 4.79 Å². The molecule has 6 nitrogen and oxygen atoms in total. The van der Waals surface area contributed by atoms with Crippen molar-refractivity contribution in [3.8, 4) is 17.2 Å². The van der Waals surface area contributed by atoms with Crippen molar-refractivity contribution in [2.45, 2.75) is 13.5 Å². The fourth-order valence-corrected chi connectivity index (χ4v) is 2.39. The molecule has 1 aromatic carbocycles. The van der Waals surface area contributed by atoms with Crippen LogP contribution in [0.2, 0.25) is 0 Å². The SMILES string of the molecule is COc1ccc(C(=O)NCc2ccc(C)n2C)c(OC)c1OC. The van der Waals surface area contributed by atoms with Crippen molar-refractivity contribution >= 4 is 5.91 Å². The number of nitrogens with zero attached hydrogens (tertiary/aromatic N) is 1. The molecule has 0 fully saturated rings. The predicted molar refractivity (Wildman–Crippen MR) is 87.4 cm³/mol. The second kappa shape index (κ2) is 7.09. The van der Waals surface area contributed by atoms with Crippen LogP contribution >= 0.6 is 0 Å². The van der Waals surface area contributed by atoms with E-state index in [1.54, 1.807) is 12.1 Å². The first-order valence-corrected chi connectivity index (χ1v) is 7.21. The van der Waals surface area contributed by atoms with Crippen LogP contribution in [-0.2, 0) is 13.6 Å². The first-order valence-electron chi connectivity index (χ1n) is 7.21. The number of nitrogens with one attached hydrogen (secondary N) is 1. The smallest absolute Gasteiger partial charge is 0.255 e. The molecule has 0 radical (unpaired) electrons. The lowest BCUT2D eigenvalue weighted by Gasteiger charge is -2.15. The van der Waals surface area contributed by atoms with Crippen molar-refractivity contribution in [3.05, 3.63) is 41.2 Å². The number of hydrogen-bond donors (Lipinski definition) is 1. The van der Waals surface area contributed by atoms with Gasteiger partial charge in [-0.1, -0.05) is 0 Å². The van der Waals surface area contributed by atoms with Crippen LogP contribution in [0.5, 0.6) is 17.2 Å². The minimum absolute atomic E-state index is 0.235. The quantitative estimate of drug-likeness (QED) is 0.888. The standard InChI is InChI=1S/C17H22N2O4/c1-11-6-7-12(19(11)2)10-18-17(20)13-8-9-14(21-3)16(23-5)15(13)22-4/h6-9H,10H2,1-5H3,(H,18,20). The molecule has 0 spiro atoms. The summed E-state index contributed by atoms with van der Waals surface area (Å²) in [6.07, 6.45) is 0. The van der Waals surface area contributed by atoms with E-state index >= 15 is 0 Å². The molecule has 1 amide bonds. The Bertz CT molecular complexity index is 707. The van der Waals surface area contributed by atoms with Crippen molar-refractivity contribution in [1.82, 2.24) is 9.88 Å². The first kappa shape index (κ1) is 16.7. The van der Waals surface area contributed by atoms with Gasteiger partial charge in [0.25, 0.3) is 5.91 Å². The number of carbonyl (C=O) groups excluding carboxylic acids is 1. The zero-order valence-corrected chi connectivity index (χ0v) is 14.1. The molecular weight excluding hydrogens is 296 g/mol. The summed E-state index contributed by atoms with van der Waals surface area (Å²) in [6.45, 7) is 2.45. The Morgan fingerprint density at radius 2 is 1.74 bits per heavy atom. The number of benzene rings is 1. The molecule has 0 unspecified atom stereocenters. The van der Waals surface area contributed by atoms with Gasteiger partial charge in [-0.3, -0.25) is 4.79 Å². The van der Waals surface area contributed by atoms with Crippen molar-refractivity contribution in [1.29, 1.82) is 0 Å². The van der Waals surface area contributed by atoms with E-state index in [0.717, 1.165) is 11.4 Å². The molecule has 0 aliphatic rings. The van der Waals surface area contributed by atoms with Crippen LogP contribution < -0.4 is 19.5 Å². The van der Waals surface area contributed by atoms with Crippen LogP contribution in [-0.4, -0.2) is 31.8 Å². The number of ether oxygens (including phenoxy) is 3. The Balaban J connectivity index is 2.23. The molecule has 6 heteroatoms. The highest BCUT2D eigenvalue weighted by Crippen LogP contribution is 2.39. The van der Waals surface area contributed by atoms with Gasteiger partial charge in [-0.15, -0.1) is 0 Å². The van der Waals surface area contributed by atoms with Gasteiger partial charge < -0.3 is 24.1 Å². The molecule has 2 rings (SSSR count). The lowest BCUT2D eigenvalue weighted by Crippen LogP contribution is -2.24. The van der Waals surface area contributed by atoms with Crippen LogP contribution in [0, 0.1) is 6.92 Å². The van der Waals surface area contributed by atoms with Crippen molar-refractivity contribution < 1.29 is 19.0 Å². The fourth-order valence-electron chi connectivity index (χ4n) is 2.39. The van der Waals surface area contributed by atoms with Crippen molar-refractivity contribution in [3.63, 3.8) is 0 Å². The Labute approximate surface area is 136 Å². The summed E-state index contributed by atoms with van der Waals surface area (Å²) in [7, 11) is 6.51. The Hall–Kier alpha value is -2.63.